The third-order valence-corrected chi connectivity index (χ3v) is 3.82. The maximum Gasteiger partial charge on any atom is 0.225 e. The van der Waals surface area contributed by atoms with Crippen LogP contribution in [-0.4, -0.2) is 12.5 Å². The van der Waals surface area contributed by atoms with Crippen LogP contribution in [0.4, 0.5) is 10.1 Å². The van der Waals surface area contributed by atoms with Gasteiger partial charge in [0.05, 0.1) is 15.7 Å². The number of carbonyl (C=O) groups excluding carboxylic acids is 1. The molecule has 2 rings (SSSR count). The molecule has 0 saturated carbocycles. The number of carbonyl (C=O) groups is 1. The summed E-state index contributed by atoms with van der Waals surface area (Å²) in [5, 5.41) is 6.56. The van der Waals surface area contributed by atoms with Gasteiger partial charge in [0.25, 0.3) is 0 Å². The number of halogens is 3. The van der Waals surface area contributed by atoms with E-state index in [1.165, 1.54) is 12.1 Å². The molecule has 116 valence electrons. The summed E-state index contributed by atoms with van der Waals surface area (Å²) in [6, 6.07) is 11.3. The molecule has 0 spiro atoms. The van der Waals surface area contributed by atoms with E-state index < -0.39 is 0 Å². The third kappa shape index (κ3) is 4.98. The number of hydrogen-bond acceptors (Lipinski definition) is 2. The Labute approximate surface area is 138 Å². The number of amides is 1. The number of benzene rings is 2. The van der Waals surface area contributed by atoms with Gasteiger partial charge in [-0.15, -0.1) is 0 Å². The first-order valence-corrected chi connectivity index (χ1v) is 7.51. The fourth-order valence-corrected chi connectivity index (χ4v) is 2.20. The Morgan fingerprint density at radius 1 is 1.09 bits per heavy atom. The van der Waals surface area contributed by atoms with Crippen molar-refractivity contribution in [3.63, 3.8) is 0 Å². The molecule has 0 fully saturated rings. The molecule has 0 unspecified atom stereocenters. The standard InChI is InChI=1S/C16H15Cl2FN2O/c17-13-2-1-3-14(16(13)18)21-15(22)8-9-20-10-11-4-6-12(19)7-5-11/h1-7,20H,8-10H2,(H,21,22). The van der Waals surface area contributed by atoms with Crippen molar-refractivity contribution in [2.75, 3.05) is 11.9 Å². The van der Waals surface area contributed by atoms with Gasteiger partial charge in [0.15, 0.2) is 0 Å². The maximum atomic E-state index is 12.8. The minimum Gasteiger partial charge on any atom is -0.325 e. The number of hydrogen-bond donors (Lipinski definition) is 2. The first-order chi connectivity index (χ1) is 10.6. The van der Waals surface area contributed by atoms with Crippen LogP contribution in [0, 0.1) is 5.82 Å². The highest BCUT2D eigenvalue weighted by molar-refractivity contribution is 6.43. The summed E-state index contributed by atoms with van der Waals surface area (Å²) in [6.45, 7) is 1.08. The number of nitrogens with one attached hydrogen (secondary N) is 2. The molecule has 1 amide bonds. The Hall–Kier alpha value is -1.62. The zero-order chi connectivity index (χ0) is 15.9. The molecule has 0 bridgehead atoms. The van der Waals surface area contributed by atoms with Crippen molar-refractivity contribution in [3.05, 3.63) is 63.9 Å². The van der Waals surface area contributed by atoms with Gasteiger partial charge in [-0.1, -0.05) is 41.4 Å². The third-order valence-electron chi connectivity index (χ3n) is 3.00. The summed E-state index contributed by atoms with van der Waals surface area (Å²) in [6.07, 6.45) is 0.296. The smallest absolute Gasteiger partial charge is 0.225 e. The van der Waals surface area contributed by atoms with E-state index in [1.54, 1.807) is 30.3 Å². The number of rotatable bonds is 6. The van der Waals surface area contributed by atoms with Gasteiger partial charge in [-0.05, 0) is 29.8 Å². The predicted molar refractivity (Wildman–Crippen MR) is 87.8 cm³/mol. The summed E-state index contributed by atoms with van der Waals surface area (Å²) in [4.78, 5) is 11.8. The fourth-order valence-electron chi connectivity index (χ4n) is 1.85. The van der Waals surface area contributed by atoms with E-state index in [0.717, 1.165) is 5.56 Å². The van der Waals surface area contributed by atoms with E-state index in [2.05, 4.69) is 10.6 Å². The Morgan fingerprint density at radius 2 is 1.82 bits per heavy atom. The molecule has 2 aromatic rings. The Bertz CT molecular complexity index is 647. The van der Waals surface area contributed by atoms with Crippen LogP contribution < -0.4 is 10.6 Å². The van der Waals surface area contributed by atoms with Gasteiger partial charge in [-0.25, -0.2) is 4.39 Å². The summed E-state index contributed by atoms with van der Waals surface area (Å²) < 4.78 is 12.8. The lowest BCUT2D eigenvalue weighted by molar-refractivity contribution is -0.116. The van der Waals surface area contributed by atoms with Crippen LogP contribution in [0.2, 0.25) is 10.0 Å². The normalized spacial score (nSPS) is 10.5. The first kappa shape index (κ1) is 16.7. The van der Waals surface area contributed by atoms with Crippen LogP contribution in [0.1, 0.15) is 12.0 Å². The van der Waals surface area contributed by atoms with E-state index >= 15 is 0 Å². The quantitative estimate of drug-likeness (QED) is 0.771. The fraction of sp³-hybridized carbons (Fsp3) is 0.188. The van der Waals surface area contributed by atoms with E-state index in [0.29, 0.717) is 35.2 Å². The molecule has 2 N–H and O–H groups in total. The molecule has 2 aromatic carbocycles. The molecule has 0 radical (unpaired) electrons. The maximum absolute atomic E-state index is 12.8. The van der Waals surface area contributed by atoms with Crippen molar-refractivity contribution in [1.29, 1.82) is 0 Å². The van der Waals surface area contributed by atoms with Crippen molar-refractivity contribution < 1.29 is 9.18 Å². The predicted octanol–water partition coefficient (Wildman–Crippen LogP) is 4.25. The summed E-state index contributed by atoms with van der Waals surface area (Å²) in [7, 11) is 0. The highest BCUT2D eigenvalue weighted by atomic mass is 35.5. The monoisotopic (exact) mass is 340 g/mol. The van der Waals surface area contributed by atoms with Gasteiger partial charge >= 0.3 is 0 Å². The van der Waals surface area contributed by atoms with Crippen molar-refractivity contribution in [2.24, 2.45) is 0 Å². The van der Waals surface area contributed by atoms with Gasteiger partial charge in [-0.3, -0.25) is 4.79 Å². The zero-order valence-corrected chi connectivity index (χ0v) is 13.2. The average molecular weight is 341 g/mol. The Balaban J connectivity index is 1.74. The van der Waals surface area contributed by atoms with Gasteiger partial charge in [0.1, 0.15) is 5.82 Å². The van der Waals surface area contributed by atoms with Crippen LogP contribution in [0.15, 0.2) is 42.5 Å². The van der Waals surface area contributed by atoms with Crippen LogP contribution in [-0.2, 0) is 11.3 Å². The molecule has 3 nitrogen and oxygen atoms in total. The van der Waals surface area contributed by atoms with Crippen LogP contribution in [0.5, 0.6) is 0 Å². The molecule has 0 heterocycles. The molecular weight excluding hydrogens is 326 g/mol. The summed E-state index contributed by atoms with van der Waals surface area (Å²) >= 11 is 11.9. The molecule has 0 aliphatic heterocycles. The molecular formula is C16H15Cl2FN2O. The average Bonchev–Trinajstić information content (AvgIpc) is 2.50. The van der Waals surface area contributed by atoms with E-state index in [1.807, 2.05) is 0 Å². The van der Waals surface area contributed by atoms with Gasteiger partial charge < -0.3 is 10.6 Å². The van der Waals surface area contributed by atoms with E-state index in [-0.39, 0.29) is 11.7 Å². The van der Waals surface area contributed by atoms with Crippen molar-refractivity contribution in [1.82, 2.24) is 5.32 Å². The van der Waals surface area contributed by atoms with E-state index in [4.69, 9.17) is 23.2 Å². The molecule has 0 aliphatic rings. The molecule has 0 saturated heterocycles. The molecule has 22 heavy (non-hydrogen) atoms. The lowest BCUT2D eigenvalue weighted by atomic mass is 10.2. The van der Waals surface area contributed by atoms with Crippen LogP contribution >= 0.6 is 23.2 Å². The zero-order valence-electron chi connectivity index (χ0n) is 11.7. The Morgan fingerprint density at radius 3 is 2.55 bits per heavy atom. The van der Waals surface area contributed by atoms with Crippen molar-refractivity contribution in [2.45, 2.75) is 13.0 Å². The molecule has 0 aromatic heterocycles. The van der Waals surface area contributed by atoms with Gasteiger partial charge in [0.2, 0.25) is 5.91 Å². The highest BCUT2D eigenvalue weighted by Crippen LogP contribution is 2.29. The largest absolute Gasteiger partial charge is 0.325 e. The lowest BCUT2D eigenvalue weighted by Crippen LogP contribution is -2.21. The minimum atomic E-state index is -0.262. The SMILES string of the molecule is O=C(CCNCc1ccc(F)cc1)Nc1cccc(Cl)c1Cl. The van der Waals surface area contributed by atoms with E-state index in [9.17, 15) is 9.18 Å². The molecule has 0 aliphatic carbocycles. The van der Waals surface area contributed by atoms with Gasteiger partial charge in [-0.2, -0.15) is 0 Å². The second kappa shape index (κ2) is 8.13. The lowest BCUT2D eigenvalue weighted by Gasteiger charge is -2.09. The molecule has 0 atom stereocenters. The topological polar surface area (TPSA) is 41.1 Å². The summed E-state index contributed by atoms with van der Waals surface area (Å²) in [5.74, 6) is -0.419. The summed E-state index contributed by atoms with van der Waals surface area (Å²) in [5.41, 5.74) is 1.46. The number of anilines is 1. The van der Waals surface area contributed by atoms with Crippen LogP contribution in [0.25, 0.3) is 0 Å². The van der Waals surface area contributed by atoms with Crippen LogP contribution in [0.3, 0.4) is 0 Å². The minimum absolute atomic E-state index is 0.157. The van der Waals surface area contributed by atoms with Crippen molar-refractivity contribution >= 4 is 34.8 Å². The Kier molecular flexibility index (Phi) is 6.19. The second-order valence-corrected chi connectivity index (χ2v) is 5.49. The highest BCUT2D eigenvalue weighted by Gasteiger charge is 2.07. The second-order valence-electron chi connectivity index (χ2n) is 4.70. The van der Waals surface area contributed by atoms with Crippen molar-refractivity contribution in [3.8, 4) is 0 Å². The molecule has 6 heteroatoms. The van der Waals surface area contributed by atoms with Gasteiger partial charge in [0, 0.05) is 19.5 Å². The first-order valence-electron chi connectivity index (χ1n) is 6.75.